The number of hydrogen-bond acceptors (Lipinski definition) is 3. The van der Waals surface area contributed by atoms with Crippen LogP contribution < -0.4 is 4.74 Å². The molecular weight excluding hydrogens is 221 g/mol. The largest absolute Gasteiger partial charge is 0.494 e. The maximum Gasteiger partial charge on any atom is 0.172 e. The van der Waals surface area contributed by atoms with Crippen LogP contribution in [0.5, 0.6) is 5.75 Å². The number of methoxy groups -OCH3 is 1. The number of halogens is 1. The lowest BCUT2D eigenvalue weighted by molar-refractivity contribution is 0.112. The first-order valence-electron chi connectivity index (χ1n) is 5.00. The normalized spacial score (nSPS) is 10.0. The third-order valence-corrected chi connectivity index (χ3v) is 2.46. The van der Waals surface area contributed by atoms with Gasteiger partial charge in [0.25, 0.3) is 0 Å². The van der Waals surface area contributed by atoms with Gasteiger partial charge in [-0.05, 0) is 12.1 Å². The van der Waals surface area contributed by atoms with E-state index < -0.39 is 5.82 Å². The molecule has 17 heavy (non-hydrogen) atoms. The minimum absolute atomic E-state index is 0.142. The van der Waals surface area contributed by atoms with E-state index in [-0.39, 0.29) is 5.75 Å². The fourth-order valence-electron chi connectivity index (χ4n) is 1.61. The first kappa shape index (κ1) is 11.3. The summed E-state index contributed by atoms with van der Waals surface area (Å²) in [7, 11) is 1.39. The van der Waals surface area contributed by atoms with E-state index in [1.165, 1.54) is 25.6 Å². The van der Waals surface area contributed by atoms with Crippen molar-refractivity contribution < 1.29 is 13.9 Å². The van der Waals surface area contributed by atoms with Gasteiger partial charge in [-0.3, -0.25) is 9.78 Å². The van der Waals surface area contributed by atoms with E-state index in [2.05, 4.69) is 4.98 Å². The van der Waals surface area contributed by atoms with Crippen LogP contribution in [0.2, 0.25) is 0 Å². The highest BCUT2D eigenvalue weighted by Gasteiger charge is 2.13. The van der Waals surface area contributed by atoms with Crippen LogP contribution in [-0.4, -0.2) is 18.4 Å². The van der Waals surface area contributed by atoms with Gasteiger partial charge in [0.1, 0.15) is 0 Å². The molecule has 0 saturated heterocycles. The van der Waals surface area contributed by atoms with E-state index in [0.29, 0.717) is 23.0 Å². The summed E-state index contributed by atoms with van der Waals surface area (Å²) in [5.74, 6) is -0.352. The summed E-state index contributed by atoms with van der Waals surface area (Å²) in [5.41, 5.74) is 1.16. The molecule has 0 fully saturated rings. The second-order valence-corrected chi connectivity index (χ2v) is 3.40. The highest BCUT2D eigenvalue weighted by atomic mass is 19.1. The van der Waals surface area contributed by atoms with Crippen molar-refractivity contribution in [2.24, 2.45) is 0 Å². The SMILES string of the molecule is COc1cccc(-c2cnccc2C=O)c1F. The number of rotatable bonds is 3. The van der Waals surface area contributed by atoms with Gasteiger partial charge in [0.2, 0.25) is 0 Å². The predicted octanol–water partition coefficient (Wildman–Crippen LogP) is 2.71. The van der Waals surface area contributed by atoms with Gasteiger partial charge >= 0.3 is 0 Å². The zero-order chi connectivity index (χ0) is 12.3. The number of ether oxygens (including phenoxy) is 1. The topological polar surface area (TPSA) is 39.2 Å². The Morgan fingerprint density at radius 3 is 2.82 bits per heavy atom. The first-order valence-corrected chi connectivity index (χ1v) is 5.00. The van der Waals surface area contributed by atoms with Gasteiger partial charge in [-0.25, -0.2) is 4.39 Å². The maximum absolute atomic E-state index is 14.0. The molecular formula is C13H10FNO2. The van der Waals surface area contributed by atoms with Crippen molar-refractivity contribution in [3.63, 3.8) is 0 Å². The molecule has 0 radical (unpaired) electrons. The molecule has 0 bridgehead atoms. The smallest absolute Gasteiger partial charge is 0.172 e. The van der Waals surface area contributed by atoms with E-state index in [4.69, 9.17) is 4.74 Å². The maximum atomic E-state index is 14.0. The van der Waals surface area contributed by atoms with E-state index in [0.717, 1.165) is 0 Å². The van der Waals surface area contributed by atoms with Crippen LogP contribution in [-0.2, 0) is 0 Å². The van der Waals surface area contributed by atoms with Gasteiger partial charge in [-0.2, -0.15) is 0 Å². The average molecular weight is 231 g/mol. The highest BCUT2D eigenvalue weighted by Crippen LogP contribution is 2.29. The molecule has 3 nitrogen and oxygen atoms in total. The molecule has 86 valence electrons. The number of aldehydes is 1. The Morgan fingerprint density at radius 2 is 2.12 bits per heavy atom. The van der Waals surface area contributed by atoms with E-state index in [9.17, 15) is 9.18 Å². The van der Waals surface area contributed by atoms with Crippen molar-refractivity contribution >= 4 is 6.29 Å². The van der Waals surface area contributed by atoms with Crippen LogP contribution in [0.1, 0.15) is 10.4 Å². The molecule has 0 amide bonds. The lowest BCUT2D eigenvalue weighted by atomic mass is 10.0. The van der Waals surface area contributed by atoms with E-state index in [1.54, 1.807) is 18.2 Å². The summed E-state index contributed by atoms with van der Waals surface area (Å²) in [6.07, 6.45) is 3.63. The molecule has 1 aromatic carbocycles. The van der Waals surface area contributed by atoms with Crippen LogP contribution in [0.4, 0.5) is 4.39 Å². The second kappa shape index (κ2) is 4.74. The monoisotopic (exact) mass is 231 g/mol. The molecule has 0 aliphatic heterocycles. The van der Waals surface area contributed by atoms with Crippen molar-refractivity contribution in [1.29, 1.82) is 0 Å². The number of carbonyl (C=O) groups is 1. The summed E-state index contributed by atoms with van der Waals surface area (Å²) < 4.78 is 18.9. The Bertz CT molecular complexity index is 555. The van der Waals surface area contributed by atoms with Crippen molar-refractivity contribution in [2.45, 2.75) is 0 Å². The summed E-state index contributed by atoms with van der Waals surface area (Å²) in [6.45, 7) is 0. The van der Waals surface area contributed by atoms with Crippen LogP contribution >= 0.6 is 0 Å². The molecule has 0 aliphatic rings. The molecule has 1 aromatic heterocycles. The molecule has 0 spiro atoms. The molecule has 0 unspecified atom stereocenters. The molecule has 2 aromatic rings. The van der Waals surface area contributed by atoms with Crippen LogP contribution in [0.3, 0.4) is 0 Å². The number of benzene rings is 1. The summed E-state index contributed by atoms with van der Waals surface area (Å²) in [6, 6.07) is 6.32. The van der Waals surface area contributed by atoms with Gasteiger partial charge in [0.15, 0.2) is 17.9 Å². The second-order valence-electron chi connectivity index (χ2n) is 3.40. The third kappa shape index (κ3) is 2.01. The van der Waals surface area contributed by atoms with Crippen molar-refractivity contribution in [3.05, 3.63) is 48.0 Å². The van der Waals surface area contributed by atoms with Gasteiger partial charge in [0, 0.05) is 29.1 Å². The minimum atomic E-state index is -0.494. The molecule has 1 heterocycles. The van der Waals surface area contributed by atoms with Gasteiger partial charge in [0.05, 0.1) is 7.11 Å². The molecule has 2 rings (SSSR count). The summed E-state index contributed by atoms with van der Waals surface area (Å²) in [5, 5.41) is 0. The number of hydrogen-bond donors (Lipinski definition) is 0. The van der Waals surface area contributed by atoms with Crippen molar-refractivity contribution in [2.75, 3.05) is 7.11 Å². The fourth-order valence-corrected chi connectivity index (χ4v) is 1.61. The van der Waals surface area contributed by atoms with Crippen LogP contribution in [0.15, 0.2) is 36.7 Å². The van der Waals surface area contributed by atoms with Crippen molar-refractivity contribution in [1.82, 2.24) is 4.98 Å². The Balaban J connectivity index is 2.64. The fraction of sp³-hybridized carbons (Fsp3) is 0.0769. The average Bonchev–Trinajstić information content (AvgIpc) is 2.39. The standard InChI is InChI=1S/C13H10FNO2/c1-17-12-4-2-3-10(13(12)14)11-7-15-6-5-9(11)8-16/h2-8H,1H3. The number of nitrogens with zero attached hydrogens (tertiary/aromatic N) is 1. The van der Waals surface area contributed by atoms with Gasteiger partial charge in [-0.15, -0.1) is 0 Å². The zero-order valence-corrected chi connectivity index (χ0v) is 9.18. The molecule has 0 saturated carbocycles. The Kier molecular flexibility index (Phi) is 3.14. The Morgan fingerprint density at radius 1 is 1.29 bits per heavy atom. The molecule has 0 N–H and O–H groups in total. The van der Waals surface area contributed by atoms with E-state index in [1.807, 2.05) is 0 Å². The van der Waals surface area contributed by atoms with Crippen LogP contribution in [0.25, 0.3) is 11.1 Å². The lowest BCUT2D eigenvalue weighted by Crippen LogP contribution is -1.94. The van der Waals surface area contributed by atoms with Crippen molar-refractivity contribution in [3.8, 4) is 16.9 Å². The highest BCUT2D eigenvalue weighted by molar-refractivity contribution is 5.87. The summed E-state index contributed by atoms with van der Waals surface area (Å²) >= 11 is 0. The van der Waals surface area contributed by atoms with Crippen LogP contribution in [0, 0.1) is 5.82 Å². The zero-order valence-electron chi connectivity index (χ0n) is 9.18. The first-order chi connectivity index (χ1) is 8.27. The Hall–Kier alpha value is -2.23. The molecule has 4 heteroatoms. The number of pyridine rings is 1. The predicted molar refractivity (Wildman–Crippen MR) is 61.6 cm³/mol. The molecule has 0 atom stereocenters. The third-order valence-electron chi connectivity index (χ3n) is 2.46. The van der Waals surface area contributed by atoms with Gasteiger partial charge < -0.3 is 4.74 Å². The number of carbonyl (C=O) groups excluding carboxylic acids is 1. The number of aromatic nitrogens is 1. The quantitative estimate of drug-likeness (QED) is 0.762. The summed E-state index contributed by atoms with van der Waals surface area (Å²) in [4.78, 5) is 14.8. The lowest BCUT2D eigenvalue weighted by Gasteiger charge is -2.08. The molecule has 0 aliphatic carbocycles. The van der Waals surface area contributed by atoms with Gasteiger partial charge in [-0.1, -0.05) is 12.1 Å². The van der Waals surface area contributed by atoms with E-state index >= 15 is 0 Å². The minimum Gasteiger partial charge on any atom is -0.494 e. The Labute approximate surface area is 97.9 Å².